The van der Waals surface area contributed by atoms with Gasteiger partial charge in [-0.1, -0.05) is 25.9 Å². The number of amidine groups is 1. The first-order valence-electron chi connectivity index (χ1n) is 5.39. The number of nitrogens with zero attached hydrogens (tertiary/aromatic N) is 2. The van der Waals surface area contributed by atoms with Gasteiger partial charge in [0.05, 0.1) is 0 Å². The van der Waals surface area contributed by atoms with Gasteiger partial charge < -0.3 is 15.8 Å². The topological polar surface area (TPSA) is 61.8 Å². The van der Waals surface area contributed by atoms with Gasteiger partial charge in [-0.3, -0.25) is 0 Å². The van der Waals surface area contributed by atoms with E-state index in [0.29, 0.717) is 18.3 Å². The SMILES string of the molecule is CCCN(CC)C(CC)C/C(N)=N/O. The van der Waals surface area contributed by atoms with E-state index < -0.39 is 0 Å². The molecule has 0 fully saturated rings. The molecule has 0 saturated carbocycles. The predicted octanol–water partition coefficient (Wildman–Crippen LogP) is 1.63. The van der Waals surface area contributed by atoms with Crippen LogP contribution >= 0.6 is 0 Å². The van der Waals surface area contributed by atoms with Crippen molar-refractivity contribution in [3.05, 3.63) is 0 Å². The summed E-state index contributed by atoms with van der Waals surface area (Å²) in [4.78, 5) is 2.37. The van der Waals surface area contributed by atoms with E-state index in [1.165, 1.54) is 0 Å². The Hall–Kier alpha value is -0.770. The molecule has 84 valence electrons. The molecule has 1 unspecified atom stereocenters. The maximum Gasteiger partial charge on any atom is 0.140 e. The second kappa shape index (κ2) is 7.62. The third kappa shape index (κ3) is 4.46. The van der Waals surface area contributed by atoms with Crippen molar-refractivity contribution in [3.8, 4) is 0 Å². The number of hydrogen-bond donors (Lipinski definition) is 2. The zero-order valence-corrected chi connectivity index (χ0v) is 9.53. The van der Waals surface area contributed by atoms with Crippen LogP contribution in [-0.2, 0) is 0 Å². The van der Waals surface area contributed by atoms with Crippen LogP contribution in [0.5, 0.6) is 0 Å². The fourth-order valence-electron chi connectivity index (χ4n) is 1.70. The van der Waals surface area contributed by atoms with Crippen molar-refractivity contribution < 1.29 is 5.21 Å². The molecule has 0 rings (SSSR count). The van der Waals surface area contributed by atoms with Crippen molar-refractivity contribution in [3.63, 3.8) is 0 Å². The monoisotopic (exact) mass is 201 g/mol. The van der Waals surface area contributed by atoms with Gasteiger partial charge in [-0.25, -0.2) is 0 Å². The van der Waals surface area contributed by atoms with Crippen LogP contribution in [0.1, 0.15) is 40.0 Å². The van der Waals surface area contributed by atoms with Gasteiger partial charge in [0.25, 0.3) is 0 Å². The lowest BCUT2D eigenvalue weighted by Crippen LogP contribution is -2.38. The summed E-state index contributed by atoms with van der Waals surface area (Å²) in [5.41, 5.74) is 5.51. The van der Waals surface area contributed by atoms with Crippen molar-refractivity contribution in [2.75, 3.05) is 13.1 Å². The first-order valence-corrected chi connectivity index (χ1v) is 5.39. The molecule has 0 aliphatic carbocycles. The molecule has 4 nitrogen and oxygen atoms in total. The third-order valence-electron chi connectivity index (χ3n) is 2.48. The second-order valence-corrected chi connectivity index (χ2v) is 3.49. The van der Waals surface area contributed by atoms with Gasteiger partial charge in [0.2, 0.25) is 0 Å². The predicted molar refractivity (Wildman–Crippen MR) is 59.6 cm³/mol. The lowest BCUT2D eigenvalue weighted by Gasteiger charge is -2.29. The Labute approximate surface area is 86.8 Å². The summed E-state index contributed by atoms with van der Waals surface area (Å²) >= 11 is 0. The van der Waals surface area contributed by atoms with E-state index in [9.17, 15) is 0 Å². The van der Waals surface area contributed by atoms with Crippen molar-refractivity contribution in [1.29, 1.82) is 0 Å². The number of hydrogen-bond acceptors (Lipinski definition) is 3. The number of oxime groups is 1. The summed E-state index contributed by atoms with van der Waals surface area (Å²) in [5.74, 6) is 0.325. The molecule has 0 heterocycles. The van der Waals surface area contributed by atoms with Crippen LogP contribution in [0.4, 0.5) is 0 Å². The highest BCUT2D eigenvalue weighted by Crippen LogP contribution is 2.09. The maximum absolute atomic E-state index is 8.51. The molecule has 1 atom stereocenters. The van der Waals surface area contributed by atoms with E-state index in [1.807, 2.05) is 0 Å². The Morgan fingerprint density at radius 2 is 2.07 bits per heavy atom. The zero-order valence-electron chi connectivity index (χ0n) is 9.53. The summed E-state index contributed by atoms with van der Waals surface area (Å²) in [7, 11) is 0. The first kappa shape index (κ1) is 13.2. The van der Waals surface area contributed by atoms with Crippen LogP contribution < -0.4 is 5.73 Å². The van der Waals surface area contributed by atoms with Crippen molar-refractivity contribution in [1.82, 2.24) is 4.90 Å². The second-order valence-electron chi connectivity index (χ2n) is 3.49. The number of nitrogens with two attached hydrogens (primary N) is 1. The van der Waals surface area contributed by atoms with Gasteiger partial charge >= 0.3 is 0 Å². The molecule has 0 aliphatic rings. The van der Waals surface area contributed by atoms with Gasteiger partial charge in [0, 0.05) is 12.5 Å². The van der Waals surface area contributed by atoms with E-state index >= 15 is 0 Å². The summed E-state index contributed by atoms with van der Waals surface area (Å²) in [5, 5.41) is 11.5. The average molecular weight is 201 g/mol. The van der Waals surface area contributed by atoms with E-state index in [1.54, 1.807) is 0 Å². The highest BCUT2D eigenvalue weighted by atomic mass is 16.4. The van der Waals surface area contributed by atoms with Crippen LogP contribution in [0.15, 0.2) is 5.16 Å². The van der Waals surface area contributed by atoms with Crippen LogP contribution in [0, 0.1) is 0 Å². The fraction of sp³-hybridized carbons (Fsp3) is 0.900. The molecule has 4 heteroatoms. The Morgan fingerprint density at radius 3 is 2.43 bits per heavy atom. The minimum Gasteiger partial charge on any atom is -0.409 e. The fourth-order valence-corrected chi connectivity index (χ4v) is 1.70. The molecule has 0 spiro atoms. The molecule has 0 bridgehead atoms. The van der Waals surface area contributed by atoms with Gasteiger partial charge in [-0.2, -0.15) is 0 Å². The lowest BCUT2D eigenvalue weighted by atomic mass is 10.1. The zero-order chi connectivity index (χ0) is 11.0. The van der Waals surface area contributed by atoms with Crippen molar-refractivity contribution >= 4 is 5.84 Å². The third-order valence-corrected chi connectivity index (χ3v) is 2.48. The van der Waals surface area contributed by atoms with Gasteiger partial charge in [-0.15, -0.1) is 0 Å². The Bertz CT molecular complexity index is 171. The molecule has 0 aromatic rings. The van der Waals surface area contributed by atoms with Crippen LogP contribution in [0.2, 0.25) is 0 Å². The summed E-state index contributed by atoms with van der Waals surface area (Å²) in [6.07, 6.45) is 2.82. The van der Waals surface area contributed by atoms with Gasteiger partial charge in [0.1, 0.15) is 5.84 Å². The molecule has 0 radical (unpaired) electrons. The molecular formula is C10H23N3O. The molecule has 0 amide bonds. The molecule has 0 aromatic carbocycles. The Balaban J connectivity index is 4.20. The smallest absolute Gasteiger partial charge is 0.140 e. The van der Waals surface area contributed by atoms with Gasteiger partial charge in [-0.05, 0) is 25.9 Å². The molecule has 14 heavy (non-hydrogen) atoms. The van der Waals surface area contributed by atoms with E-state index in [-0.39, 0.29) is 0 Å². The summed E-state index contributed by atoms with van der Waals surface area (Å²) in [6.45, 7) is 8.54. The Morgan fingerprint density at radius 1 is 1.43 bits per heavy atom. The average Bonchev–Trinajstić information content (AvgIpc) is 2.22. The summed E-state index contributed by atoms with van der Waals surface area (Å²) < 4.78 is 0. The molecule has 3 N–H and O–H groups in total. The van der Waals surface area contributed by atoms with Crippen LogP contribution in [-0.4, -0.2) is 35.1 Å². The van der Waals surface area contributed by atoms with Crippen molar-refractivity contribution in [2.24, 2.45) is 10.9 Å². The summed E-state index contributed by atoms with van der Waals surface area (Å²) in [6, 6.07) is 0.399. The number of rotatable bonds is 7. The van der Waals surface area contributed by atoms with E-state index in [4.69, 9.17) is 10.9 Å². The molecule has 0 aliphatic heterocycles. The lowest BCUT2D eigenvalue weighted by molar-refractivity contribution is 0.203. The quantitative estimate of drug-likeness (QED) is 0.285. The van der Waals surface area contributed by atoms with Crippen molar-refractivity contribution in [2.45, 2.75) is 46.1 Å². The van der Waals surface area contributed by atoms with E-state index in [0.717, 1.165) is 25.9 Å². The minimum atomic E-state index is 0.325. The highest BCUT2D eigenvalue weighted by molar-refractivity contribution is 5.80. The first-order chi connectivity index (χ1) is 6.69. The standard InChI is InChI=1S/C10H23N3O/c1-4-7-13(6-3)9(5-2)8-10(11)12-14/h9,14H,4-8H2,1-3H3,(H2,11,12). The Kier molecular flexibility index (Phi) is 7.20. The van der Waals surface area contributed by atoms with Gasteiger partial charge in [0.15, 0.2) is 0 Å². The van der Waals surface area contributed by atoms with Crippen LogP contribution in [0.25, 0.3) is 0 Å². The largest absolute Gasteiger partial charge is 0.409 e. The van der Waals surface area contributed by atoms with Crippen LogP contribution in [0.3, 0.4) is 0 Å². The molecule has 0 saturated heterocycles. The molecule has 0 aromatic heterocycles. The normalized spacial score (nSPS) is 14.7. The maximum atomic E-state index is 8.51. The molecular weight excluding hydrogens is 178 g/mol. The van der Waals surface area contributed by atoms with E-state index in [2.05, 4.69) is 30.8 Å². The highest BCUT2D eigenvalue weighted by Gasteiger charge is 2.15. The minimum absolute atomic E-state index is 0.325.